The Morgan fingerprint density at radius 1 is 1.06 bits per heavy atom. The summed E-state index contributed by atoms with van der Waals surface area (Å²) in [6.07, 6.45) is 1.64. The molecule has 0 bridgehead atoms. The van der Waals surface area contributed by atoms with Crippen molar-refractivity contribution in [3.8, 4) is 0 Å². The first-order chi connectivity index (χ1) is 15.0. The maximum atomic E-state index is 13.8. The van der Waals surface area contributed by atoms with Crippen LogP contribution in [-0.2, 0) is 0 Å². The summed E-state index contributed by atoms with van der Waals surface area (Å²) in [5.74, 6) is -0.793. The minimum atomic E-state index is -0.474. The average molecular weight is 440 g/mol. The van der Waals surface area contributed by atoms with Crippen LogP contribution in [0.25, 0.3) is 0 Å². The Hall–Kier alpha value is -3.33. The van der Waals surface area contributed by atoms with Gasteiger partial charge in [-0.3, -0.25) is 4.79 Å². The molecule has 1 unspecified atom stereocenters. The molecule has 0 spiro atoms. The van der Waals surface area contributed by atoms with Crippen LogP contribution in [0, 0.1) is 12.7 Å². The summed E-state index contributed by atoms with van der Waals surface area (Å²) in [7, 11) is 0. The number of amides is 3. The molecule has 1 atom stereocenters. The van der Waals surface area contributed by atoms with E-state index in [4.69, 9.17) is 0 Å². The number of hydrogen-bond acceptors (Lipinski definition) is 5. The standard InChI is InChI=1S/C22H22FN5O2S/c1-14-7-2-4-10-17(14)24-19(29)21-27-26-20(31-21)15-8-6-12-28(13-15)22(30)25-18-11-5-3-9-16(18)23/h2-5,7,9-11,15H,6,8,12-13H2,1H3,(H,24,29)(H,25,30). The fraction of sp³-hybridized carbons (Fsp3) is 0.273. The fourth-order valence-corrected chi connectivity index (χ4v) is 4.36. The van der Waals surface area contributed by atoms with Gasteiger partial charge < -0.3 is 15.5 Å². The van der Waals surface area contributed by atoms with Crippen LogP contribution in [0.5, 0.6) is 0 Å². The first kappa shape index (κ1) is 20.9. The Morgan fingerprint density at radius 3 is 2.58 bits per heavy atom. The number of hydrogen-bond donors (Lipinski definition) is 2. The second-order valence-electron chi connectivity index (χ2n) is 7.41. The van der Waals surface area contributed by atoms with Gasteiger partial charge in [-0.1, -0.05) is 41.7 Å². The number of aromatic nitrogens is 2. The highest BCUT2D eigenvalue weighted by Gasteiger charge is 2.28. The monoisotopic (exact) mass is 439 g/mol. The number of nitrogens with one attached hydrogen (secondary N) is 2. The molecule has 2 aromatic carbocycles. The maximum absolute atomic E-state index is 13.8. The molecule has 0 aliphatic carbocycles. The van der Waals surface area contributed by atoms with E-state index in [9.17, 15) is 14.0 Å². The van der Waals surface area contributed by atoms with Crippen molar-refractivity contribution < 1.29 is 14.0 Å². The van der Waals surface area contributed by atoms with E-state index in [0.717, 1.165) is 29.1 Å². The van der Waals surface area contributed by atoms with E-state index < -0.39 is 5.82 Å². The highest BCUT2D eigenvalue weighted by Crippen LogP contribution is 2.30. The van der Waals surface area contributed by atoms with Gasteiger partial charge in [-0.25, -0.2) is 9.18 Å². The molecule has 1 aromatic heterocycles. The zero-order valence-electron chi connectivity index (χ0n) is 17.0. The van der Waals surface area contributed by atoms with Gasteiger partial charge in [0.15, 0.2) is 0 Å². The summed E-state index contributed by atoms with van der Waals surface area (Å²) in [6, 6.07) is 13.2. The molecular weight excluding hydrogens is 417 g/mol. The van der Waals surface area contributed by atoms with Gasteiger partial charge in [-0.15, -0.1) is 10.2 Å². The number of nitrogens with zero attached hydrogens (tertiary/aromatic N) is 3. The van der Waals surface area contributed by atoms with Gasteiger partial charge in [0.2, 0.25) is 5.01 Å². The lowest BCUT2D eigenvalue weighted by Gasteiger charge is -2.31. The lowest BCUT2D eigenvalue weighted by atomic mass is 9.99. The fourth-order valence-electron chi connectivity index (χ4n) is 3.50. The molecule has 3 amide bonds. The minimum absolute atomic E-state index is 0.0161. The average Bonchev–Trinajstić information content (AvgIpc) is 3.28. The topological polar surface area (TPSA) is 87.2 Å². The lowest BCUT2D eigenvalue weighted by Crippen LogP contribution is -2.41. The number of benzene rings is 2. The number of halogens is 1. The van der Waals surface area contributed by atoms with E-state index in [-0.39, 0.29) is 28.6 Å². The van der Waals surface area contributed by atoms with Crippen LogP contribution in [-0.4, -0.2) is 40.1 Å². The van der Waals surface area contributed by atoms with Crippen molar-refractivity contribution in [3.05, 3.63) is 69.9 Å². The Labute approximate surface area is 183 Å². The van der Waals surface area contributed by atoms with E-state index in [1.54, 1.807) is 17.0 Å². The normalized spacial score (nSPS) is 16.1. The number of anilines is 2. The highest BCUT2D eigenvalue weighted by atomic mass is 32.1. The molecule has 1 saturated heterocycles. The van der Waals surface area contributed by atoms with Crippen molar-refractivity contribution in [1.82, 2.24) is 15.1 Å². The molecule has 2 N–H and O–H groups in total. The Balaban J connectivity index is 1.40. The number of aryl methyl sites for hydroxylation is 1. The summed E-state index contributed by atoms with van der Waals surface area (Å²) in [6.45, 7) is 2.94. The van der Waals surface area contributed by atoms with Crippen LogP contribution in [0.2, 0.25) is 0 Å². The number of carbonyl (C=O) groups is 2. The SMILES string of the molecule is Cc1ccccc1NC(=O)c1nnc(C2CCCN(C(=O)Nc3ccccc3F)C2)s1. The van der Waals surface area contributed by atoms with Crippen LogP contribution in [0.3, 0.4) is 0 Å². The summed E-state index contributed by atoms with van der Waals surface area (Å²) < 4.78 is 13.8. The van der Waals surface area contributed by atoms with Crippen molar-refractivity contribution in [3.63, 3.8) is 0 Å². The van der Waals surface area contributed by atoms with E-state index in [2.05, 4.69) is 20.8 Å². The van der Waals surface area contributed by atoms with Gasteiger partial charge in [0.25, 0.3) is 5.91 Å². The minimum Gasteiger partial charge on any atom is -0.324 e. The Kier molecular flexibility index (Phi) is 6.22. The molecule has 3 aromatic rings. The maximum Gasteiger partial charge on any atom is 0.321 e. The van der Waals surface area contributed by atoms with Crippen LogP contribution in [0.4, 0.5) is 20.6 Å². The molecule has 0 saturated carbocycles. The van der Waals surface area contributed by atoms with Gasteiger partial charge in [0.05, 0.1) is 5.69 Å². The van der Waals surface area contributed by atoms with Crippen LogP contribution in [0.15, 0.2) is 48.5 Å². The van der Waals surface area contributed by atoms with E-state index >= 15 is 0 Å². The number of piperidine rings is 1. The van der Waals surface area contributed by atoms with Crippen LogP contribution < -0.4 is 10.6 Å². The first-order valence-electron chi connectivity index (χ1n) is 10.0. The molecule has 1 fully saturated rings. The number of carbonyl (C=O) groups excluding carboxylic acids is 2. The van der Waals surface area contributed by atoms with Crippen molar-refractivity contribution in [2.24, 2.45) is 0 Å². The molecular formula is C22H22FN5O2S. The molecule has 1 aliphatic rings. The number of rotatable bonds is 4. The van der Waals surface area contributed by atoms with Gasteiger partial charge in [0, 0.05) is 24.7 Å². The number of para-hydroxylation sites is 2. The van der Waals surface area contributed by atoms with E-state index in [1.807, 2.05) is 31.2 Å². The second-order valence-corrected chi connectivity index (χ2v) is 8.42. The quantitative estimate of drug-likeness (QED) is 0.620. The smallest absolute Gasteiger partial charge is 0.321 e. The van der Waals surface area contributed by atoms with E-state index in [0.29, 0.717) is 13.1 Å². The van der Waals surface area contributed by atoms with Gasteiger partial charge in [0.1, 0.15) is 10.8 Å². The molecule has 0 radical (unpaired) electrons. The third-order valence-corrected chi connectivity index (χ3v) is 6.29. The summed E-state index contributed by atoms with van der Waals surface area (Å²) in [5, 5.41) is 14.7. The predicted octanol–water partition coefficient (Wildman–Crippen LogP) is 4.65. The predicted molar refractivity (Wildman–Crippen MR) is 118 cm³/mol. The third kappa shape index (κ3) is 4.88. The van der Waals surface area contributed by atoms with Crippen molar-refractivity contribution >= 4 is 34.6 Å². The molecule has 4 rings (SSSR count). The Bertz CT molecular complexity index is 1100. The van der Waals surface area contributed by atoms with E-state index in [1.165, 1.54) is 23.5 Å². The zero-order valence-corrected chi connectivity index (χ0v) is 17.8. The van der Waals surface area contributed by atoms with Crippen molar-refractivity contribution in [2.75, 3.05) is 23.7 Å². The first-order valence-corrected chi connectivity index (χ1v) is 10.8. The number of urea groups is 1. The summed E-state index contributed by atoms with van der Waals surface area (Å²) >= 11 is 1.24. The van der Waals surface area contributed by atoms with Crippen LogP contribution >= 0.6 is 11.3 Å². The largest absolute Gasteiger partial charge is 0.324 e. The molecule has 2 heterocycles. The summed E-state index contributed by atoms with van der Waals surface area (Å²) in [4.78, 5) is 26.8. The molecule has 160 valence electrons. The van der Waals surface area contributed by atoms with Gasteiger partial charge in [-0.05, 0) is 43.5 Å². The van der Waals surface area contributed by atoms with Gasteiger partial charge >= 0.3 is 6.03 Å². The lowest BCUT2D eigenvalue weighted by molar-refractivity contribution is 0.102. The second kappa shape index (κ2) is 9.22. The van der Waals surface area contributed by atoms with Crippen LogP contribution in [0.1, 0.15) is 39.1 Å². The highest BCUT2D eigenvalue weighted by molar-refractivity contribution is 7.13. The summed E-state index contributed by atoms with van der Waals surface area (Å²) in [5.41, 5.74) is 1.85. The molecule has 7 nitrogen and oxygen atoms in total. The Morgan fingerprint density at radius 2 is 1.81 bits per heavy atom. The third-order valence-electron chi connectivity index (χ3n) is 5.20. The molecule has 1 aliphatic heterocycles. The van der Waals surface area contributed by atoms with Crippen molar-refractivity contribution in [2.45, 2.75) is 25.7 Å². The van der Waals surface area contributed by atoms with Gasteiger partial charge in [-0.2, -0.15) is 0 Å². The number of likely N-dealkylation sites (tertiary alicyclic amines) is 1. The molecule has 31 heavy (non-hydrogen) atoms. The zero-order chi connectivity index (χ0) is 21.8. The van der Waals surface area contributed by atoms with Crippen molar-refractivity contribution in [1.29, 1.82) is 0 Å². The molecule has 9 heteroatoms.